The summed E-state index contributed by atoms with van der Waals surface area (Å²) in [5, 5.41) is 4.34. The third kappa shape index (κ3) is 3.63. The Morgan fingerprint density at radius 2 is 2.18 bits per heavy atom. The van der Waals surface area contributed by atoms with Crippen molar-refractivity contribution in [1.29, 1.82) is 0 Å². The smallest absolute Gasteiger partial charge is 0.0971 e. The summed E-state index contributed by atoms with van der Waals surface area (Å²) in [7, 11) is 1.98. The highest BCUT2D eigenvalue weighted by Crippen LogP contribution is 2.22. The fourth-order valence-electron chi connectivity index (χ4n) is 1.60. The van der Waals surface area contributed by atoms with E-state index in [-0.39, 0.29) is 0 Å². The Labute approximate surface area is 114 Å². The van der Waals surface area contributed by atoms with Crippen molar-refractivity contribution in [3.63, 3.8) is 0 Å². The van der Waals surface area contributed by atoms with Gasteiger partial charge in [-0.05, 0) is 31.6 Å². The van der Waals surface area contributed by atoms with Crippen LogP contribution in [0.5, 0.6) is 0 Å². The summed E-state index contributed by atoms with van der Waals surface area (Å²) in [6.07, 6.45) is 3.96. The van der Waals surface area contributed by atoms with Crippen molar-refractivity contribution in [2.75, 3.05) is 13.6 Å². The Kier molecular flexibility index (Phi) is 4.71. The maximum atomic E-state index is 4.48. The lowest BCUT2D eigenvalue weighted by atomic mass is 10.2. The molecule has 0 unspecified atom stereocenters. The van der Waals surface area contributed by atoms with Gasteiger partial charge in [-0.25, -0.2) is 4.98 Å². The van der Waals surface area contributed by atoms with Crippen LogP contribution in [0.25, 0.3) is 0 Å². The number of halogens is 1. The molecule has 0 amide bonds. The zero-order valence-electron chi connectivity index (χ0n) is 9.74. The van der Waals surface area contributed by atoms with Crippen molar-refractivity contribution in [3.8, 4) is 0 Å². The molecule has 0 saturated heterocycles. The Bertz CT molecular complexity index is 482. The summed E-state index contributed by atoms with van der Waals surface area (Å²) in [4.78, 5) is 5.82. The molecule has 0 bridgehead atoms. The van der Waals surface area contributed by atoms with Gasteiger partial charge in [0.05, 0.1) is 5.01 Å². The number of nitrogens with one attached hydrogen (secondary N) is 1. The molecular formula is C13H15BrN2S. The van der Waals surface area contributed by atoms with E-state index in [1.54, 1.807) is 11.3 Å². The summed E-state index contributed by atoms with van der Waals surface area (Å²) in [5.74, 6) is 0. The third-order valence-corrected chi connectivity index (χ3v) is 4.35. The predicted molar refractivity (Wildman–Crippen MR) is 76.7 cm³/mol. The van der Waals surface area contributed by atoms with Gasteiger partial charge in [-0.2, -0.15) is 0 Å². The van der Waals surface area contributed by atoms with Crippen molar-refractivity contribution in [2.24, 2.45) is 0 Å². The Hall–Kier alpha value is -0.710. The number of nitrogens with zero attached hydrogens (tertiary/aromatic N) is 1. The van der Waals surface area contributed by atoms with Crippen LogP contribution in [0.4, 0.5) is 0 Å². The van der Waals surface area contributed by atoms with Gasteiger partial charge in [-0.15, -0.1) is 11.3 Å². The molecule has 0 saturated carbocycles. The summed E-state index contributed by atoms with van der Waals surface area (Å²) in [5.41, 5.74) is 1.29. The molecular weight excluding hydrogens is 296 g/mol. The van der Waals surface area contributed by atoms with Crippen LogP contribution in [0.2, 0.25) is 0 Å². The molecule has 0 spiro atoms. The SMILES string of the molecule is CNCCc1cnc(Cc2ccccc2Br)s1. The van der Waals surface area contributed by atoms with Gasteiger partial charge < -0.3 is 5.32 Å². The standard InChI is InChI=1S/C13H15BrN2S/c1-15-7-6-11-9-16-13(17-11)8-10-4-2-3-5-12(10)14/h2-5,9,15H,6-8H2,1H3. The van der Waals surface area contributed by atoms with E-state index in [2.05, 4.69) is 44.4 Å². The van der Waals surface area contributed by atoms with Crippen LogP contribution in [-0.4, -0.2) is 18.6 Å². The quantitative estimate of drug-likeness (QED) is 0.917. The van der Waals surface area contributed by atoms with E-state index >= 15 is 0 Å². The van der Waals surface area contributed by atoms with Crippen LogP contribution in [0, 0.1) is 0 Å². The first-order valence-electron chi connectivity index (χ1n) is 5.61. The minimum atomic E-state index is 0.908. The van der Waals surface area contributed by atoms with Crippen LogP contribution < -0.4 is 5.32 Å². The molecule has 1 aromatic carbocycles. The van der Waals surface area contributed by atoms with E-state index < -0.39 is 0 Å². The van der Waals surface area contributed by atoms with Gasteiger partial charge in [0.15, 0.2) is 0 Å². The second kappa shape index (κ2) is 6.28. The first-order valence-corrected chi connectivity index (χ1v) is 7.22. The van der Waals surface area contributed by atoms with Crippen LogP contribution in [0.1, 0.15) is 15.4 Å². The van der Waals surface area contributed by atoms with Crippen LogP contribution >= 0.6 is 27.3 Å². The van der Waals surface area contributed by atoms with Crippen molar-refractivity contribution in [1.82, 2.24) is 10.3 Å². The van der Waals surface area contributed by atoms with Crippen molar-refractivity contribution in [2.45, 2.75) is 12.8 Å². The lowest BCUT2D eigenvalue weighted by molar-refractivity contribution is 0.798. The molecule has 0 atom stereocenters. The number of hydrogen-bond acceptors (Lipinski definition) is 3. The minimum absolute atomic E-state index is 0.908. The molecule has 0 aliphatic rings. The second-order valence-electron chi connectivity index (χ2n) is 3.84. The average molecular weight is 311 g/mol. The van der Waals surface area contributed by atoms with Gasteiger partial charge in [-0.3, -0.25) is 0 Å². The molecule has 0 fully saturated rings. The zero-order valence-corrected chi connectivity index (χ0v) is 12.1. The fourth-order valence-corrected chi connectivity index (χ4v) is 2.97. The normalized spacial score (nSPS) is 10.7. The highest BCUT2D eigenvalue weighted by Gasteiger charge is 2.05. The summed E-state index contributed by atoms with van der Waals surface area (Å²) in [6.45, 7) is 1.01. The molecule has 0 aliphatic heterocycles. The maximum absolute atomic E-state index is 4.48. The maximum Gasteiger partial charge on any atom is 0.0971 e. The summed E-state index contributed by atoms with van der Waals surface area (Å²) in [6, 6.07) is 8.31. The van der Waals surface area contributed by atoms with Crippen LogP contribution in [0.15, 0.2) is 34.9 Å². The number of likely N-dealkylation sites (N-methyl/N-ethyl adjacent to an activating group) is 1. The molecule has 4 heteroatoms. The van der Waals surface area contributed by atoms with Gasteiger partial charge in [0.2, 0.25) is 0 Å². The third-order valence-electron chi connectivity index (χ3n) is 2.52. The molecule has 0 radical (unpaired) electrons. The van der Waals surface area contributed by atoms with Gasteiger partial charge in [0, 0.05) is 22.0 Å². The molecule has 2 rings (SSSR count). The molecule has 1 heterocycles. The number of aromatic nitrogens is 1. The summed E-state index contributed by atoms with van der Waals surface area (Å²) < 4.78 is 1.16. The minimum Gasteiger partial charge on any atom is -0.319 e. The second-order valence-corrected chi connectivity index (χ2v) is 5.90. The Balaban J connectivity index is 2.04. The lowest BCUT2D eigenvalue weighted by Crippen LogP contribution is -2.09. The van der Waals surface area contributed by atoms with E-state index in [9.17, 15) is 0 Å². The molecule has 1 N–H and O–H groups in total. The zero-order chi connectivity index (χ0) is 12.1. The first kappa shape index (κ1) is 12.7. The van der Waals surface area contributed by atoms with E-state index in [0.29, 0.717) is 0 Å². The van der Waals surface area contributed by atoms with E-state index in [4.69, 9.17) is 0 Å². The van der Waals surface area contributed by atoms with Crippen molar-refractivity contribution in [3.05, 3.63) is 50.4 Å². The lowest BCUT2D eigenvalue weighted by Gasteiger charge is -2.00. The summed E-state index contributed by atoms with van der Waals surface area (Å²) >= 11 is 5.37. The molecule has 90 valence electrons. The fraction of sp³-hybridized carbons (Fsp3) is 0.308. The Morgan fingerprint density at radius 3 is 2.94 bits per heavy atom. The molecule has 2 nitrogen and oxygen atoms in total. The monoisotopic (exact) mass is 310 g/mol. The molecule has 2 aromatic rings. The number of hydrogen-bond donors (Lipinski definition) is 1. The largest absolute Gasteiger partial charge is 0.319 e. The number of thiazole rings is 1. The highest BCUT2D eigenvalue weighted by atomic mass is 79.9. The van der Waals surface area contributed by atoms with Gasteiger partial charge >= 0.3 is 0 Å². The van der Waals surface area contributed by atoms with Gasteiger partial charge in [0.1, 0.15) is 0 Å². The highest BCUT2D eigenvalue weighted by molar-refractivity contribution is 9.10. The number of benzene rings is 1. The number of rotatable bonds is 5. The average Bonchev–Trinajstić information content (AvgIpc) is 2.77. The molecule has 0 aliphatic carbocycles. The van der Waals surface area contributed by atoms with Crippen LogP contribution in [-0.2, 0) is 12.8 Å². The predicted octanol–water partition coefficient (Wildman–Crippen LogP) is 3.26. The van der Waals surface area contributed by atoms with Crippen LogP contribution in [0.3, 0.4) is 0 Å². The van der Waals surface area contributed by atoms with E-state index in [1.165, 1.54) is 15.4 Å². The van der Waals surface area contributed by atoms with Crippen molar-refractivity contribution < 1.29 is 0 Å². The van der Waals surface area contributed by atoms with Crippen molar-refractivity contribution >= 4 is 27.3 Å². The Morgan fingerprint density at radius 1 is 1.35 bits per heavy atom. The topological polar surface area (TPSA) is 24.9 Å². The molecule has 1 aromatic heterocycles. The van der Waals surface area contributed by atoms with E-state index in [1.807, 2.05) is 19.3 Å². The van der Waals surface area contributed by atoms with Gasteiger partial charge in [0.25, 0.3) is 0 Å². The van der Waals surface area contributed by atoms with E-state index in [0.717, 1.165) is 23.9 Å². The first-order chi connectivity index (χ1) is 8.29. The molecule has 17 heavy (non-hydrogen) atoms. The van der Waals surface area contributed by atoms with Gasteiger partial charge in [-0.1, -0.05) is 34.1 Å².